The van der Waals surface area contributed by atoms with E-state index in [0.29, 0.717) is 0 Å². The van der Waals surface area contributed by atoms with Crippen LogP contribution < -0.4 is 0 Å². The summed E-state index contributed by atoms with van der Waals surface area (Å²) in [5.41, 5.74) is 2.46. The van der Waals surface area contributed by atoms with E-state index in [0.717, 1.165) is 5.54 Å². The maximum absolute atomic E-state index is 2.48. The van der Waals surface area contributed by atoms with E-state index in [9.17, 15) is 0 Å². The number of rotatable bonds is 3. The highest BCUT2D eigenvalue weighted by molar-refractivity contribution is 7.11. The minimum Gasteiger partial charge on any atom is -0.0745 e. The van der Waals surface area contributed by atoms with Gasteiger partial charge in [0, 0.05) is 17.4 Å². The van der Waals surface area contributed by atoms with E-state index in [2.05, 4.69) is 50.3 Å². The maximum atomic E-state index is 2.48. The van der Waals surface area contributed by atoms with Crippen LogP contribution in [0.2, 0.25) is 13.1 Å². The first-order valence-electron chi connectivity index (χ1n) is 4.75. The van der Waals surface area contributed by atoms with Crippen LogP contribution in [-0.4, -0.2) is 17.4 Å². The van der Waals surface area contributed by atoms with Crippen LogP contribution >= 0.6 is 0 Å². The van der Waals surface area contributed by atoms with Gasteiger partial charge >= 0.3 is 0 Å². The summed E-state index contributed by atoms with van der Waals surface area (Å²) >= 11 is 0. The fourth-order valence-corrected chi connectivity index (χ4v) is 8.64. The van der Waals surface area contributed by atoms with Gasteiger partial charge in [0.15, 0.2) is 0 Å². The molecule has 0 saturated carbocycles. The third-order valence-electron chi connectivity index (χ3n) is 2.19. The standard InChI is InChI=1S/C10H18Si2/c1-9(11-12(2)3)10-7-5-4-6-8-10/h4-9,12H,11H2,1-3H3. The van der Waals surface area contributed by atoms with Crippen molar-refractivity contribution in [3.63, 3.8) is 0 Å². The number of hydrogen-bond donors (Lipinski definition) is 0. The Hall–Kier alpha value is -0.346. The quantitative estimate of drug-likeness (QED) is 0.645. The number of hydrogen-bond acceptors (Lipinski definition) is 0. The molecule has 2 heteroatoms. The van der Waals surface area contributed by atoms with Crippen LogP contribution in [0.15, 0.2) is 30.3 Å². The highest BCUT2D eigenvalue weighted by Crippen LogP contribution is 2.13. The molecule has 0 amide bonds. The van der Waals surface area contributed by atoms with Crippen LogP contribution in [0.25, 0.3) is 0 Å². The van der Waals surface area contributed by atoms with E-state index < -0.39 is 0 Å². The van der Waals surface area contributed by atoms with E-state index in [1.807, 2.05) is 0 Å². The SMILES string of the molecule is CC([SiH2][SiH](C)C)c1ccccc1. The molecule has 0 heterocycles. The minimum atomic E-state index is -0.259. The molecular formula is C10H18Si2. The first-order chi connectivity index (χ1) is 5.70. The Labute approximate surface area is 79.2 Å². The summed E-state index contributed by atoms with van der Waals surface area (Å²) in [6.45, 7) is 7.35. The molecule has 0 fully saturated rings. The fraction of sp³-hybridized carbons (Fsp3) is 0.400. The van der Waals surface area contributed by atoms with Gasteiger partial charge in [-0.2, -0.15) is 0 Å². The van der Waals surface area contributed by atoms with Gasteiger partial charge in [-0.1, -0.05) is 50.3 Å². The van der Waals surface area contributed by atoms with Crippen LogP contribution in [-0.2, 0) is 0 Å². The Kier molecular flexibility index (Phi) is 3.75. The molecule has 12 heavy (non-hydrogen) atoms. The molecule has 0 radical (unpaired) electrons. The van der Waals surface area contributed by atoms with Gasteiger partial charge in [0.2, 0.25) is 0 Å². The van der Waals surface area contributed by atoms with Gasteiger partial charge in [-0.05, 0) is 11.1 Å². The molecule has 1 aromatic carbocycles. The summed E-state index contributed by atoms with van der Waals surface area (Å²) in [6.07, 6.45) is 0. The Morgan fingerprint density at radius 2 is 1.75 bits per heavy atom. The molecular weight excluding hydrogens is 176 g/mol. The van der Waals surface area contributed by atoms with Crippen LogP contribution in [0.4, 0.5) is 0 Å². The Bertz CT molecular complexity index is 219. The topological polar surface area (TPSA) is 0 Å². The average molecular weight is 194 g/mol. The van der Waals surface area contributed by atoms with Crippen LogP contribution in [0.5, 0.6) is 0 Å². The highest BCUT2D eigenvalue weighted by Gasteiger charge is 2.07. The van der Waals surface area contributed by atoms with Gasteiger partial charge in [0.05, 0.1) is 0 Å². The third kappa shape index (κ3) is 2.95. The summed E-state index contributed by atoms with van der Waals surface area (Å²) < 4.78 is 0. The zero-order valence-electron chi connectivity index (χ0n) is 8.25. The molecule has 1 rings (SSSR count). The highest BCUT2D eigenvalue weighted by atomic mass is 29.2. The molecule has 0 bridgehead atoms. The summed E-state index contributed by atoms with van der Waals surface area (Å²) in [6, 6.07) is 11.0. The van der Waals surface area contributed by atoms with Gasteiger partial charge in [0.1, 0.15) is 0 Å². The molecule has 0 nitrogen and oxygen atoms in total. The molecule has 0 aliphatic carbocycles. The summed E-state index contributed by atoms with van der Waals surface area (Å²) in [4.78, 5) is 0. The molecule has 0 N–H and O–H groups in total. The maximum Gasteiger partial charge on any atom is 0.0202 e. The molecule has 0 spiro atoms. The molecule has 1 atom stereocenters. The van der Waals surface area contributed by atoms with E-state index in [1.54, 1.807) is 5.56 Å². The lowest BCUT2D eigenvalue weighted by atomic mass is 10.2. The van der Waals surface area contributed by atoms with Gasteiger partial charge in [-0.3, -0.25) is 0 Å². The largest absolute Gasteiger partial charge is 0.0745 e. The summed E-state index contributed by atoms with van der Waals surface area (Å²) in [5.74, 6) is 0. The second-order valence-electron chi connectivity index (χ2n) is 3.94. The molecule has 0 aromatic heterocycles. The van der Waals surface area contributed by atoms with Crippen LogP contribution in [0.3, 0.4) is 0 Å². The van der Waals surface area contributed by atoms with Crippen molar-refractivity contribution in [1.29, 1.82) is 0 Å². The Morgan fingerprint density at radius 1 is 1.17 bits per heavy atom. The van der Waals surface area contributed by atoms with Crippen molar-refractivity contribution in [2.45, 2.75) is 25.6 Å². The van der Waals surface area contributed by atoms with E-state index in [1.165, 1.54) is 0 Å². The van der Waals surface area contributed by atoms with Gasteiger partial charge in [0.25, 0.3) is 0 Å². The Balaban J connectivity index is 2.59. The van der Waals surface area contributed by atoms with Crippen molar-refractivity contribution >= 4 is 17.4 Å². The van der Waals surface area contributed by atoms with Gasteiger partial charge in [-0.25, -0.2) is 0 Å². The van der Waals surface area contributed by atoms with Crippen molar-refractivity contribution in [2.75, 3.05) is 0 Å². The summed E-state index contributed by atoms with van der Waals surface area (Å²) in [5, 5.41) is 0. The lowest BCUT2D eigenvalue weighted by Gasteiger charge is -2.12. The molecule has 0 aliphatic rings. The fourth-order valence-electron chi connectivity index (χ4n) is 1.62. The molecule has 0 aliphatic heterocycles. The zero-order chi connectivity index (χ0) is 8.97. The predicted octanol–water partition coefficient (Wildman–Crippen LogP) is 1.90. The average Bonchev–Trinajstić information content (AvgIpc) is 2.05. The minimum absolute atomic E-state index is 0.211. The van der Waals surface area contributed by atoms with Crippen LogP contribution in [0, 0.1) is 0 Å². The third-order valence-corrected chi connectivity index (χ3v) is 9.26. The molecule has 1 aromatic rings. The van der Waals surface area contributed by atoms with E-state index in [4.69, 9.17) is 0 Å². The molecule has 1 unspecified atom stereocenters. The van der Waals surface area contributed by atoms with Crippen molar-refractivity contribution in [3.8, 4) is 0 Å². The van der Waals surface area contributed by atoms with Crippen molar-refractivity contribution < 1.29 is 0 Å². The zero-order valence-corrected chi connectivity index (χ0v) is 10.8. The van der Waals surface area contributed by atoms with E-state index >= 15 is 0 Å². The predicted molar refractivity (Wildman–Crippen MR) is 62.3 cm³/mol. The Morgan fingerprint density at radius 3 is 2.25 bits per heavy atom. The summed E-state index contributed by atoms with van der Waals surface area (Å²) in [7, 11) is -0.0482. The van der Waals surface area contributed by atoms with E-state index in [-0.39, 0.29) is 17.4 Å². The van der Waals surface area contributed by atoms with Crippen molar-refractivity contribution in [3.05, 3.63) is 35.9 Å². The van der Waals surface area contributed by atoms with Gasteiger partial charge < -0.3 is 0 Å². The normalized spacial score (nSPS) is 14.3. The molecule has 66 valence electrons. The van der Waals surface area contributed by atoms with Crippen LogP contribution in [0.1, 0.15) is 18.0 Å². The smallest absolute Gasteiger partial charge is 0.0202 e. The first-order valence-corrected chi connectivity index (χ1v) is 11.1. The monoisotopic (exact) mass is 194 g/mol. The van der Waals surface area contributed by atoms with Crippen molar-refractivity contribution in [2.24, 2.45) is 0 Å². The second-order valence-corrected chi connectivity index (χ2v) is 14.7. The van der Waals surface area contributed by atoms with Crippen molar-refractivity contribution in [1.82, 2.24) is 0 Å². The van der Waals surface area contributed by atoms with Gasteiger partial charge in [-0.15, -0.1) is 0 Å². The molecule has 0 saturated heterocycles. The second kappa shape index (κ2) is 4.62. The lowest BCUT2D eigenvalue weighted by Crippen LogP contribution is -2.19. The number of benzene rings is 1. The lowest BCUT2D eigenvalue weighted by molar-refractivity contribution is 1.08. The first kappa shape index (κ1) is 9.74.